The molecular formula is C12H20N4O3S. The summed E-state index contributed by atoms with van der Waals surface area (Å²) in [6, 6.07) is 0. The molecule has 1 heterocycles. The molecule has 112 valence electrons. The molecule has 1 atom stereocenters. The van der Waals surface area contributed by atoms with Crippen molar-refractivity contribution in [1.82, 2.24) is 10.6 Å². The molecule has 0 radical (unpaired) electrons. The number of nitrogens with zero attached hydrogens (tertiary/aromatic N) is 2. The summed E-state index contributed by atoms with van der Waals surface area (Å²) in [5, 5.41) is 16.1. The summed E-state index contributed by atoms with van der Waals surface area (Å²) in [4.78, 5) is 14.1. The first-order valence-electron chi connectivity index (χ1n) is 6.19. The van der Waals surface area contributed by atoms with Crippen molar-refractivity contribution in [3.05, 3.63) is 34.3 Å². The number of nitrogens with one attached hydrogen (secondary N) is 2. The Hall–Kier alpha value is -1.54. The molecular weight excluding hydrogens is 280 g/mol. The number of dihydropyridines is 1. The number of hydrogen-bond donors (Lipinski definition) is 2. The van der Waals surface area contributed by atoms with E-state index in [1.807, 2.05) is 12.2 Å². The maximum atomic E-state index is 10.4. The maximum Gasteiger partial charge on any atom is 0.274 e. The predicted molar refractivity (Wildman–Crippen MR) is 81.7 cm³/mol. The van der Waals surface area contributed by atoms with Gasteiger partial charge in [0, 0.05) is 38.4 Å². The topological polar surface area (TPSA) is 88.8 Å². The van der Waals surface area contributed by atoms with Gasteiger partial charge in [-0.25, -0.2) is 0 Å². The molecule has 20 heavy (non-hydrogen) atoms. The molecule has 0 saturated carbocycles. The van der Waals surface area contributed by atoms with Gasteiger partial charge in [0.05, 0.1) is 11.5 Å². The smallest absolute Gasteiger partial charge is 0.274 e. The lowest BCUT2D eigenvalue weighted by Crippen LogP contribution is -2.37. The van der Waals surface area contributed by atoms with E-state index in [-0.39, 0.29) is 5.60 Å². The summed E-state index contributed by atoms with van der Waals surface area (Å²) >= 11 is 1.72. The fraction of sp³-hybridized carbons (Fsp3) is 0.583. The Morgan fingerprint density at radius 1 is 1.70 bits per heavy atom. The second kappa shape index (κ2) is 8.60. The van der Waals surface area contributed by atoms with Gasteiger partial charge in [0.2, 0.25) is 0 Å². The van der Waals surface area contributed by atoms with Crippen LogP contribution in [0.2, 0.25) is 0 Å². The predicted octanol–water partition coefficient (Wildman–Crippen LogP) is 0.630. The molecule has 1 aliphatic heterocycles. The van der Waals surface area contributed by atoms with Crippen molar-refractivity contribution in [3.8, 4) is 0 Å². The van der Waals surface area contributed by atoms with E-state index in [1.165, 1.54) is 0 Å². The van der Waals surface area contributed by atoms with E-state index in [2.05, 4.69) is 15.6 Å². The maximum absolute atomic E-state index is 10.4. The number of methoxy groups -OCH3 is 1. The summed E-state index contributed by atoms with van der Waals surface area (Å²) in [5.41, 5.74) is -0.331. The Bertz CT molecular complexity index is 412. The van der Waals surface area contributed by atoms with Gasteiger partial charge in [0.1, 0.15) is 5.60 Å². The lowest BCUT2D eigenvalue weighted by atomic mass is 10.1. The van der Waals surface area contributed by atoms with Crippen molar-refractivity contribution >= 4 is 18.0 Å². The van der Waals surface area contributed by atoms with Crippen LogP contribution in [-0.4, -0.2) is 55.5 Å². The average Bonchev–Trinajstić information content (AvgIpc) is 2.46. The Kier molecular flexibility index (Phi) is 7.10. The second-order valence-corrected chi connectivity index (χ2v) is 5.28. The van der Waals surface area contributed by atoms with Crippen LogP contribution < -0.4 is 10.6 Å². The highest BCUT2D eigenvalue weighted by atomic mass is 32.2. The van der Waals surface area contributed by atoms with Gasteiger partial charge in [-0.3, -0.25) is 15.1 Å². The van der Waals surface area contributed by atoms with E-state index in [1.54, 1.807) is 32.1 Å². The molecule has 8 heteroatoms. The number of hydrogen-bond acceptors (Lipinski definition) is 7. The number of thioether (sulfide) groups is 1. The zero-order chi connectivity index (χ0) is 14.8. The zero-order valence-corrected chi connectivity index (χ0v) is 12.5. The fourth-order valence-electron chi connectivity index (χ4n) is 1.63. The third kappa shape index (κ3) is 5.62. The number of nitro groups is 1. The van der Waals surface area contributed by atoms with Crippen molar-refractivity contribution in [1.29, 1.82) is 0 Å². The highest BCUT2D eigenvalue weighted by Crippen LogP contribution is 2.21. The zero-order valence-electron chi connectivity index (χ0n) is 11.7. The van der Waals surface area contributed by atoms with Crippen LogP contribution in [0.4, 0.5) is 0 Å². The normalized spacial score (nSPS) is 21.8. The average molecular weight is 300 g/mol. The van der Waals surface area contributed by atoms with Gasteiger partial charge in [-0.1, -0.05) is 0 Å². The Morgan fingerprint density at radius 3 is 3.05 bits per heavy atom. The van der Waals surface area contributed by atoms with E-state index in [0.29, 0.717) is 18.9 Å². The molecule has 0 aromatic heterocycles. The van der Waals surface area contributed by atoms with Crippen LogP contribution in [0, 0.1) is 10.1 Å². The van der Waals surface area contributed by atoms with Gasteiger partial charge in [-0.05, 0) is 12.2 Å². The molecule has 0 aromatic carbocycles. The Balaban J connectivity index is 2.26. The largest absolute Gasteiger partial charge is 0.371 e. The molecule has 0 aromatic rings. The van der Waals surface area contributed by atoms with Crippen LogP contribution in [0.1, 0.15) is 0 Å². The molecule has 0 saturated heterocycles. The molecule has 1 unspecified atom stereocenters. The van der Waals surface area contributed by atoms with Crippen molar-refractivity contribution in [3.63, 3.8) is 0 Å². The minimum Gasteiger partial charge on any atom is -0.371 e. The van der Waals surface area contributed by atoms with Crippen LogP contribution in [0.5, 0.6) is 0 Å². The van der Waals surface area contributed by atoms with E-state index >= 15 is 0 Å². The van der Waals surface area contributed by atoms with Gasteiger partial charge in [0.15, 0.2) is 5.82 Å². The first kappa shape index (κ1) is 16.5. The Labute approximate surface area is 122 Å². The lowest BCUT2D eigenvalue weighted by molar-refractivity contribution is -0.404. The lowest BCUT2D eigenvalue weighted by Gasteiger charge is -2.28. The highest BCUT2D eigenvalue weighted by molar-refractivity contribution is 7.99. The monoisotopic (exact) mass is 300 g/mol. The molecule has 1 rings (SSSR count). The van der Waals surface area contributed by atoms with Crippen molar-refractivity contribution in [2.75, 3.05) is 38.8 Å². The van der Waals surface area contributed by atoms with Crippen LogP contribution >= 0.6 is 11.8 Å². The van der Waals surface area contributed by atoms with E-state index in [4.69, 9.17) is 4.74 Å². The summed E-state index contributed by atoms with van der Waals surface area (Å²) in [6.45, 7) is 1.27. The van der Waals surface area contributed by atoms with Crippen molar-refractivity contribution < 1.29 is 9.66 Å². The minimum absolute atomic E-state index is 0.331. The molecule has 0 bridgehead atoms. The summed E-state index contributed by atoms with van der Waals surface area (Å²) < 4.78 is 5.53. The molecule has 7 nitrogen and oxygen atoms in total. The molecule has 1 aliphatic rings. The van der Waals surface area contributed by atoms with Crippen LogP contribution in [0.3, 0.4) is 0 Å². The number of rotatable bonds is 9. The van der Waals surface area contributed by atoms with Crippen LogP contribution in [0.15, 0.2) is 29.2 Å². The van der Waals surface area contributed by atoms with E-state index < -0.39 is 4.92 Å². The van der Waals surface area contributed by atoms with Crippen molar-refractivity contribution in [2.45, 2.75) is 5.60 Å². The number of aliphatic imine (C=N–C) groups is 1. The van der Waals surface area contributed by atoms with E-state index in [0.717, 1.165) is 17.7 Å². The number of ether oxygens (including phenoxy) is 1. The SMILES string of the molecule is CNC(=C[N+](=O)[O-])NCCSCC1(OC)C=CC=NC1. The molecule has 2 N–H and O–H groups in total. The Morgan fingerprint density at radius 2 is 2.50 bits per heavy atom. The van der Waals surface area contributed by atoms with Gasteiger partial charge >= 0.3 is 0 Å². The molecule has 0 aliphatic carbocycles. The van der Waals surface area contributed by atoms with Gasteiger partial charge in [-0.2, -0.15) is 11.8 Å². The third-order valence-electron chi connectivity index (χ3n) is 2.77. The molecule has 0 amide bonds. The number of allylic oxidation sites excluding steroid dienone is 1. The second-order valence-electron chi connectivity index (χ2n) is 4.18. The first-order chi connectivity index (χ1) is 9.62. The van der Waals surface area contributed by atoms with Crippen LogP contribution in [0.25, 0.3) is 0 Å². The van der Waals surface area contributed by atoms with E-state index in [9.17, 15) is 10.1 Å². The first-order valence-corrected chi connectivity index (χ1v) is 7.35. The highest BCUT2D eigenvalue weighted by Gasteiger charge is 2.27. The van der Waals surface area contributed by atoms with Gasteiger partial charge < -0.3 is 15.4 Å². The standard InChI is InChI=1S/C12H20N4O3S/c1-13-11(8-16(17)18)15-6-7-20-10-12(19-2)4-3-5-14-9-12/h3-5,8,13,15H,6-7,9-10H2,1-2H3. The quantitative estimate of drug-likeness (QED) is 0.369. The summed E-state index contributed by atoms with van der Waals surface area (Å²) in [6.07, 6.45) is 6.60. The molecule has 0 spiro atoms. The fourth-order valence-corrected chi connectivity index (χ4v) is 2.67. The van der Waals surface area contributed by atoms with Crippen LogP contribution in [-0.2, 0) is 4.74 Å². The third-order valence-corrected chi connectivity index (χ3v) is 3.95. The summed E-state index contributed by atoms with van der Waals surface area (Å²) in [7, 11) is 3.32. The minimum atomic E-state index is -0.489. The van der Waals surface area contributed by atoms with Gasteiger partial charge in [-0.15, -0.1) is 0 Å². The summed E-state index contributed by atoms with van der Waals surface area (Å²) in [5.74, 6) is 2.02. The molecule has 0 fully saturated rings. The van der Waals surface area contributed by atoms with Crippen molar-refractivity contribution in [2.24, 2.45) is 4.99 Å². The van der Waals surface area contributed by atoms with Gasteiger partial charge in [0.25, 0.3) is 6.20 Å².